The van der Waals surface area contributed by atoms with Gasteiger partial charge in [0.2, 0.25) is 0 Å². The zero-order chi connectivity index (χ0) is 12.8. The summed E-state index contributed by atoms with van der Waals surface area (Å²) in [6.45, 7) is 0.406. The first kappa shape index (κ1) is 11.9. The number of hydrogen-bond donors (Lipinski definition) is 3. The van der Waals surface area contributed by atoms with Crippen molar-refractivity contribution in [3.8, 4) is 0 Å². The molecule has 0 unspecified atom stereocenters. The first-order valence-electron chi connectivity index (χ1n) is 5.25. The summed E-state index contributed by atoms with van der Waals surface area (Å²) in [6, 6.07) is 3.65. The maximum atomic E-state index is 11.8. The minimum absolute atomic E-state index is 0.208. The van der Waals surface area contributed by atoms with Crippen LogP contribution in [0, 0.1) is 0 Å². The molecule has 0 atom stereocenters. The molecule has 2 aromatic rings. The summed E-state index contributed by atoms with van der Waals surface area (Å²) in [7, 11) is 0. The van der Waals surface area contributed by atoms with Gasteiger partial charge >= 0.3 is 0 Å². The predicted octanol–water partition coefficient (Wildman–Crippen LogP) is 0.0872. The van der Waals surface area contributed by atoms with Crippen molar-refractivity contribution < 1.29 is 4.79 Å². The van der Waals surface area contributed by atoms with E-state index in [4.69, 9.17) is 5.84 Å². The molecule has 1 amide bonds. The van der Waals surface area contributed by atoms with Gasteiger partial charge in [-0.25, -0.2) is 10.8 Å². The van der Waals surface area contributed by atoms with Crippen LogP contribution in [0.1, 0.15) is 16.1 Å². The van der Waals surface area contributed by atoms with E-state index >= 15 is 0 Å². The van der Waals surface area contributed by atoms with E-state index in [0.717, 1.165) is 5.56 Å². The number of nitrogens with one attached hydrogen (secondary N) is 2. The van der Waals surface area contributed by atoms with Crippen LogP contribution in [-0.2, 0) is 6.54 Å². The van der Waals surface area contributed by atoms with Gasteiger partial charge in [0, 0.05) is 18.9 Å². The fourth-order valence-electron chi connectivity index (χ4n) is 1.32. The molecule has 0 aliphatic carbocycles. The topological polar surface area (TPSA) is 106 Å². The first-order chi connectivity index (χ1) is 8.79. The molecular formula is C11H12N6O. The Bertz CT molecular complexity index is 530. The molecule has 0 aromatic carbocycles. The van der Waals surface area contributed by atoms with Crippen molar-refractivity contribution >= 4 is 11.7 Å². The Morgan fingerprint density at radius 2 is 2.00 bits per heavy atom. The highest BCUT2D eigenvalue weighted by molar-refractivity contribution is 5.92. The Labute approximate surface area is 103 Å². The van der Waals surface area contributed by atoms with Crippen LogP contribution in [0.5, 0.6) is 0 Å². The van der Waals surface area contributed by atoms with Gasteiger partial charge in [0.15, 0.2) is 5.82 Å². The van der Waals surface area contributed by atoms with E-state index < -0.39 is 0 Å². The number of carbonyl (C=O) groups excluding carboxylic acids is 1. The summed E-state index contributed by atoms with van der Waals surface area (Å²) in [4.78, 5) is 23.5. The van der Waals surface area contributed by atoms with Gasteiger partial charge in [-0.2, -0.15) is 0 Å². The van der Waals surface area contributed by atoms with E-state index in [1.165, 1.54) is 12.4 Å². The summed E-state index contributed by atoms with van der Waals surface area (Å²) in [5.41, 5.74) is 3.50. The van der Waals surface area contributed by atoms with Gasteiger partial charge in [0.1, 0.15) is 5.69 Å². The normalized spacial score (nSPS) is 9.83. The maximum Gasteiger partial charge on any atom is 0.271 e. The van der Waals surface area contributed by atoms with E-state index in [-0.39, 0.29) is 11.6 Å². The average Bonchev–Trinajstić information content (AvgIpc) is 2.46. The second kappa shape index (κ2) is 5.69. The average molecular weight is 244 g/mol. The lowest BCUT2D eigenvalue weighted by Gasteiger charge is -2.05. The third-order valence-corrected chi connectivity index (χ3v) is 2.22. The van der Waals surface area contributed by atoms with Crippen molar-refractivity contribution in [2.24, 2.45) is 5.84 Å². The molecule has 7 nitrogen and oxygen atoms in total. The Kier molecular flexibility index (Phi) is 3.77. The molecule has 0 spiro atoms. The quantitative estimate of drug-likeness (QED) is 0.520. The molecule has 0 saturated heterocycles. The molecule has 92 valence electrons. The van der Waals surface area contributed by atoms with Crippen LogP contribution in [0.3, 0.4) is 0 Å². The summed E-state index contributed by atoms with van der Waals surface area (Å²) >= 11 is 0. The van der Waals surface area contributed by atoms with Crippen molar-refractivity contribution in [1.82, 2.24) is 20.3 Å². The number of hydrazine groups is 1. The molecule has 0 aliphatic heterocycles. The minimum atomic E-state index is -0.309. The van der Waals surface area contributed by atoms with E-state index in [9.17, 15) is 4.79 Å². The second-order valence-electron chi connectivity index (χ2n) is 3.47. The Morgan fingerprint density at radius 1 is 1.22 bits per heavy atom. The lowest BCUT2D eigenvalue weighted by atomic mass is 10.2. The predicted molar refractivity (Wildman–Crippen MR) is 65.2 cm³/mol. The third kappa shape index (κ3) is 2.98. The molecule has 0 aliphatic rings. The second-order valence-corrected chi connectivity index (χ2v) is 3.47. The number of amides is 1. The molecule has 0 saturated carbocycles. The molecule has 4 N–H and O–H groups in total. The largest absolute Gasteiger partial charge is 0.347 e. The number of anilines is 1. The summed E-state index contributed by atoms with van der Waals surface area (Å²) in [5, 5.41) is 2.73. The maximum absolute atomic E-state index is 11.8. The van der Waals surface area contributed by atoms with E-state index in [2.05, 4.69) is 25.7 Å². The standard InChI is InChI=1S/C11H12N6O/c12-17-10-7-14-6-9(16-10)11(18)15-5-8-1-3-13-4-2-8/h1-4,6-7H,5,12H2,(H,15,18)(H,16,17). The summed E-state index contributed by atoms with van der Waals surface area (Å²) in [6.07, 6.45) is 6.14. The van der Waals surface area contributed by atoms with Crippen LogP contribution in [0.4, 0.5) is 5.82 Å². The number of pyridine rings is 1. The molecule has 0 radical (unpaired) electrons. The molecule has 7 heteroatoms. The SMILES string of the molecule is NNc1cncc(C(=O)NCc2ccncc2)n1. The third-order valence-electron chi connectivity index (χ3n) is 2.22. The number of hydrogen-bond acceptors (Lipinski definition) is 6. The fraction of sp³-hybridized carbons (Fsp3) is 0.0909. The molecule has 2 aromatic heterocycles. The van der Waals surface area contributed by atoms with Crippen molar-refractivity contribution in [2.45, 2.75) is 6.54 Å². The van der Waals surface area contributed by atoms with Gasteiger partial charge in [0.05, 0.1) is 12.4 Å². The Morgan fingerprint density at radius 3 is 2.72 bits per heavy atom. The highest BCUT2D eigenvalue weighted by Gasteiger charge is 2.07. The molecular weight excluding hydrogens is 232 g/mol. The van der Waals surface area contributed by atoms with Gasteiger partial charge in [-0.3, -0.25) is 14.8 Å². The number of aromatic nitrogens is 3. The number of rotatable bonds is 4. The first-order valence-corrected chi connectivity index (χ1v) is 5.25. The van der Waals surface area contributed by atoms with Crippen LogP contribution in [0.2, 0.25) is 0 Å². The smallest absolute Gasteiger partial charge is 0.271 e. The van der Waals surface area contributed by atoms with Gasteiger partial charge in [-0.05, 0) is 17.7 Å². The van der Waals surface area contributed by atoms with E-state index in [1.807, 2.05) is 12.1 Å². The number of carbonyl (C=O) groups is 1. The summed E-state index contributed by atoms with van der Waals surface area (Å²) < 4.78 is 0. The van der Waals surface area contributed by atoms with Crippen LogP contribution in [0.25, 0.3) is 0 Å². The van der Waals surface area contributed by atoms with Crippen LogP contribution in [0.15, 0.2) is 36.9 Å². The molecule has 0 bridgehead atoms. The van der Waals surface area contributed by atoms with Gasteiger partial charge in [-0.1, -0.05) is 0 Å². The monoisotopic (exact) mass is 244 g/mol. The highest BCUT2D eigenvalue weighted by Crippen LogP contribution is 2.01. The van der Waals surface area contributed by atoms with Gasteiger partial charge < -0.3 is 10.7 Å². The lowest BCUT2D eigenvalue weighted by Crippen LogP contribution is -2.24. The fourth-order valence-corrected chi connectivity index (χ4v) is 1.32. The minimum Gasteiger partial charge on any atom is -0.347 e. The molecule has 2 heterocycles. The molecule has 18 heavy (non-hydrogen) atoms. The zero-order valence-corrected chi connectivity index (χ0v) is 9.50. The van der Waals surface area contributed by atoms with Crippen molar-refractivity contribution in [3.63, 3.8) is 0 Å². The van der Waals surface area contributed by atoms with Crippen LogP contribution in [-0.4, -0.2) is 20.9 Å². The van der Waals surface area contributed by atoms with Crippen LogP contribution >= 0.6 is 0 Å². The lowest BCUT2D eigenvalue weighted by molar-refractivity contribution is 0.0945. The van der Waals surface area contributed by atoms with E-state index in [0.29, 0.717) is 12.4 Å². The van der Waals surface area contributed by atoms with Crippen molar-refractivity contribution in [3.05, 3.63) is 48.2 Å². The molecule has 0 fully saturated rings. The van der Waals surface area contributed by atoms with Gasteiger partial charge in [0.25, 0.3) is 5.91 Å². The Balaban J connectivity index is 1.99. The number of nitrogen functional groups attached to an aromatic ring is 1. The van der Waals surface area contributed by atoms with Gasteiger partial charge in [-0.15, -0.1) is 0 Å². The molecule has 2 rings (SSSR count). The zero-order valence-electron chi connectivity index (χ0n) is 9.50. The number of nitrogens with zero attached hydrogens (tertiary/aromatic N) is 3. The highest BCUT2D eigenvalue weighted by atomic mass is 16.1. The Hall–Kier alpha value is -2.54. The van der Waals surface area contributed by atoms with Crippen LogP contribution < -0.4 is 16.6 Å². The van der Waals surface area contributed by atoms with E-state index in [1.54, 1.807) is 12.4 Å². The van der Waals surface area contributed by atoms with Crippen molar-refractivity contribution in [2.75, 3.05) is 5.43 Å². The number of nitrogens with two attached hydrogens (primary N) is 1. The summed E-state index contributed by atoms with van der Waals surface area (Å²) in [5.74, 6) is 5.22. The van der Waals surface area contributed by atoms with Crippen molar-refractivity contribution in [1.29, 1.82) is 0 Å².